The lowest BCUT2D eigenvalue weighted by Gasteiger charge is -2.20. The van der Waals surface area contributed by atoms with Gasteiger partial charge in [0, 0.05) is 6.04 Å². The van der Waals surface area contributed by atoms with Crippen LogP contribution in [0.5, 0.6) is 0 Å². The number of hydrogen-bond donors (Lipinski definition) is 1. The highest BCUT2D eigenvalue weighted by Gasteiger charge is 2.26. The van der Waals surface area contributed by atoms with E-state index in [0.717, 1.165) is 19.4 Å². The van der Waals surface area contributed by atoms with Crippen LogP contribution in [0.3, 0.4) is 0 Å². The van der Waals surface area contributed by atoms with Crippen molar-refractivity contribution in [1.82, 2.24) is 4.90 Å². The average Bonchev–Trinajstić information content (AvgIpc) is 2.87. The van der Waals surface area contributed by atoms with Gasteiger partial charge in [-0.25, -0.2) is 0 Å². The fourth-order valence-corrected chi connectivity index (χ4v) is 2.01. The van der Waals surface area contributed by atoms with Gasteiger partial charge in [0.15, 0.2) is 5.76 Å². The molecule has 1 aromatic rings. The monoisotopic (exact) mass is 209 g/mol. The summed E-state index contributed by atoms with van der Waals surface area (Å²) in [6.07, 6.45) is 3.53. The molecule has 1 aliphatic heterocycles. The standard InChI is InChI=1S/C11H15NO3/c13-8-9-3-1-5-12(9)7-10(14)11-4-2-6-15-11/h2,4,6,9,13H,1,3,5,7-8H2. The van der Waals surface area contributed by atoms with Gasteiger partial charge < -0.3 is 9.52 Å². The number of carbonyl (C=O) groups is 1. The van der Waals surface area contributed by atoms with Crippen LogP contribution >= 0.6 is 0 Å². The molecule has 1 aromatic heterocycles. The summed E-state index contributed by atoms with van der Waals surface area (Å²) in [6.45, 7) is 1.36. The summed E-state index contributed by atoms with van der Waals surface area (Å²) in [5.74, 6) is 0.388. The molecule has 1 aliphatic rings. The SMILES string of the molecule is O=C(CN1CCCC1CO)c1ccco1. The van der Waals surface area contributed by atoms with Gasteiger partial charge in [-0.3, -0.25) is 9.69 Å². The summed E-state index contributed by atoms with van der Waals surface area (Å²) in [4.78, 5) is 13.7. The van der Waals surface area contributed by atoms with Crippen LogP contribution in [0.25, 0.3) is 0 Å². The number of likely N-dealkylation sites (tertiary alicyclic amines) is 1. The Hall–Kier alpha value is -1.13. The highest BCUT2D eigenvalue weighted by molar-refractivity contribution is 5.95. The maximum atomic E-state index is 11.7. The Bertz CT molecular complexity index is 321. The van der Waals surface area contributed by atoms with Crippen LogP contribution in [0.4, 0.5) is 0 Å². The number of hydrogen-bond acceptors (Lipinski definition) is 4. The van der Waals surface area contributed by atoms with E-state index in [-0.39, 0.29) is 18.4 Å². The van der Waals surface area contributed by atoms with E-state index in [9.17, 15) is 4.79 Å². The Kier molecular flexibility index (Phi) is 3.18. The maximum Gasteiger partial charge on any atom is 0.211 e. The topological polar surface area (TPSA) is 53.7 Å². The van der Waals surface area contributed by atoms with E-state index in [1.54, 1.807) is 12.1 Å². The lowest BCUT2D eigenvalue weighted by Crippen LogP contribution is -2.36. The van der Waals surface area contributed by atoms with E-state index in [2.05, 4.69) is 0 Å². The second-order valence-electron chi connectivity index (χ2n) is 3.85. The van der Waals surface area contributed by atoms with Crippen LogP contribution in [-0.2, 0) is 0 Å². The van der Waals surface area contributed by atoms with E-state index in [0.29, 0.717) is 12.3 Å². The molecule has 15 heavy (non-hydrogen) atoms. The summed E-state index contributed by atoms with van der Waals surface area (Å²) in [5, 5.41) is 9.10. The lowest BCUT2D eigenvalue weighted by atomic mass is 10.2. The molecule has 4 nitrogen and oxygen atoms in total. The molecule has 0 radical (unpaired) electrons. The Labute approximate surface area is 88.5 Å². The molecule has 1 N–H and O–H groups in total. The first-order valence-electron chi connectivity index (χ1n) is 5.23. The molecular weight excluding hydrogens is 194 g/mol. The zero-order chi connectivity index (χ0) is 10.7. The van der Waals surface area contributed by atoms with E-state index >= 15 is 0 Å². The van der Waals surface area contributed by atoms with E-state index < -0.39 is 0 Å². The van der Waals surface area contributed by atoms with Crippen molar-refractivity contribution in [2.45, 2.75) is 18.9 Å². The average molecular weight is 209 g/mol. The fraction of sp³-hybridized carbons (Fsp3) is 0.545. The number of ketones is 1. The van der Waals surface area contributed by atoms with Crippen LogP contribution in [-0.4, -0.2) is 41.5 Å². The zero-order valence-corrected chi connectivity index (χ0v) is 8.56. The Morgan fingerprint density at radius 3 is 3.20 bits per heavy atom. The van der Waals surface area contributed by atoms with Crippen molar-refractivity contribution in [3.63, 3.8) is 0 Å². The van der Waals surface area contributed by atoms with Gasteiger partial charge in [-0.2, -0.15) is 0 Å². The molecule has 0 spiro atoms. The zero-order valence-electron chi connectivity index (χ0n) is 8.56. The van der Waals surface area contributed by atoms with E-state index in [4.69, 9.17) is 9.52 Å². The first-order chi connectivity index (χ1) is 7.31. The predicted octanol–water partition coefficient (Wildman–Crippen LogP) is 0.919. The van der Waals surface area contributed by atoms with Crippen LogP contribution in [0.1, 0.15) is 23.4 Å². The van der Waals surface area contributed by atoms with Crippen molar-refractivity contribution in [1.29, 1.82) is 0 Å². The van der Waals surface area contributed by atoms with Gasteiger partial charge in [-0.15, -0.1) is 0 Å². The second-order valence-corrected chi connectivity index (χ2v) is 3.85. The minimum absolute atomic E-state index is 0.0136. The second kappa shape index (κ2) is 4.59. The van der Waals surface area contributed by atoms with Gasteiger partial charge in [0.1, 0.15) is 0 Å². The van der Waals surface area contributed by atoms with Crippen molar-refractivity contribution in [2.24, 2.45) is 0 Å². The summed E-state index contributed by atoms with van der Waals surface area (Å²) in [5.41, 5.74) is 0. The van der Waals surface area contributed by atoms with Crippen molar-refractivity contribution >= 4 is 5.78 Å². The molecule has 2 heterocycles. The van der Waals surface area contributed by atoms with Crippen LogP contribution in [0.15, 0.2) is 22.8 Å². The lowest BCUT2D eigenvalue weighted by molar-refractivity contribution is 0.0861. The number of Topliss-reactive ketones (excluding diaryl/α,β-unsaturated/α-hetero) is 1. The number of furan rings is 1. The van der Waals surface area contributed by atoms with Gasteiger partial charge in [-0.1, -0.05) is 0 Å². The minimum atomic E-state index is -0.0136. The van der Waals surface area contributed by atoms with Gasteiger partial charge >= 0.3 is 0 Å². The van der Waals surface area contributed by atoms with Crippen molar-refractivity contribution in [3.05, 3.63) is 24.2 Å². The molecular formula is C11H15NO3. The molecule has 0 bridgehead atoms. The van der Waals surface area contributed by atoms with Gasteiger partial charge in [0.05, 0.1) is 19.4 Å². The van der Waals surface area contributed by atoms with Crippen LogP contribution in [0, 0.1) is 0 Å². The van der Waals surface area contributed by atoms with Crippen molar-refractivity contribution in [2.75, 3.05) is 19.7 Å². The van der Waals surface area contributed by atoms with Gasteiger partial charge in [0.2, 0.25) is 5.78 Å². The maximum absolute atomic E-state index is 11.7. The molecule has 82 valence electrons. The van der Waals surface area contributed by atoms with Gasteiger partial charge in [-0.05, 0) is 31.5 Å². The fourth-order valence-electron chi connectivity index (χ4n) is 2.01. The van der Waals surface area contributed by atoms with Crippen LogP contribution < -0.4 is 0 Å². The number of aliphatic hydroxyl groups excluding tert-OH is 1. The smallest absolute Gasteiger partial charge is 0.211 e. The molecule has 0 saturated carbocycles. The van der Waals surface area contributed by atoms with E-state index in [1.807, 2.05) is 4.90 Å². The quantitative estimate of drug-likeness (QED) is 0.749. The Morgan fingerprint density at radius 1 is 1.67 bits per heavy atom. The van der Waals surface area contributed by atoms with Crippen LogP contribution in [0.2, 0.25) is 0 Å². The van der Waals surface area contributed by atoms with Crippen molar-refractivity contribution < 1.29 is 14.3 Å². The number of rotatable bonds is 4. The number of carbonyl (C=O) groups excluding carboxylic acids is 1. The third-order valence-corrected chi connectivity index (χ3v) is 2.85. The normalized spacial score (nSPS) is 22.1. The molecule has 2 rings (SSSR count). The summed E-state index contributed by atoms with van der Waals surface area (Å²) < 4.78 is 5.04. The highest BCUT2D eigenvalue weighted by atomic mass is 16.3. The highest BCUT2D eigenvalue weighted by Crippen LogP contribution is 2.17. The summed E-state index contributed by atoms with van der Waals surface area (Å²) >= 11 is 0. The first kappa shape index (κ1) is 10.4. The van der Waals surface area contributed by atoms with E-state index in [1.165, 1.54) is 6.26 Å². The van der Waals surface area contributed by atoms with Crippen molar-refractivity contribution in [3.8, 4) is 0 Å². The number of nitrogens with zero attached hydrogens (tertiary/aromatic N) is 1. The molecule has 1 unspecified atom stereocenters. The Balaban J connectivity index is 1.94. The molecule has 0 aliphatic carbocycles. The molecule has 1 fully saturated rings. The Morgan fingerprint density at radius 2 is 2.53 bits per heavy atom. The van der Waals surface area contributed by atoms with Gasteiger partial charge in [0.25, 0.3) is 0 Å². The first-order valence-corrected chi connectivity index (χ1v) is 5.23. The minimum Gasteiger partial charge on any atom is -0.461 e. The number of aliphatic hydroxyl groups is 1. The predicted molar refractivity (Wildman–Crippen MR) is 54.7 cm³/mol. The molecule has 0 aromatic carbocycles. The largest absolute Gasteiger partial charge is 0.461 e. The molecule has 1 saturated heterocycles. The summed E-state index contributed by atoms with van der Waals surface area (Å²) in [7, 11) is 0. The molecule has 1 atom stereocenters. The summed E-state index contributed by atoms with van der Waals surface area (Å²) in [6, 6.07) is 3.52. The molecule has 4 heteroatoms. The third-order valence-electron chi connectivity index (χ3n) is 2.85. The molecule has 0 amide bonds. The third kappa shape index (κ3) is 2.27.